The highest BCUT2D eigenvalue weighted by atomic mass is 16.5. The zero-order valence-electron chi connectivity index (χ0n) is 15.7. The third kappa shape index (κ3) is 6.75. The van der Waals surface area contributed by atoms with Crippen LogP contribution in [-0.2, 0) is 16.0 Å². The molecule has 6 nitrogen and oxygen atoms in total. The first-order valence-electron chi connectivity index (χ1n) is 8.98. The fourth-order valence-corrected chi connectivity index (χ4v) is 2.53. The van der Waals surface area contributed by atoms with Gasteiger partial charge in [-0.05, 0) is 44.4 Å². The van der Waals surface area contributed by atoms with Crippen molar-refractivity contribution in [3.63, 3.8) is 0 Å². The molecule has 0 fully saturated rings. The van der Waals surface area contributed by atoms with Crippen molar-refractivity contribution < 1.29 is 19.4 Å². The fraction of sp³-hybridized carbons (Fsp3) is 0.333. The molecule has 2 rings (SSSR count). The molecule has 2 aromatic carbocycles. The summed E-state index contributed by atoms with van der Waals surface area (Å²) in [5.41, 5.74) is 0.416. The van der Waals surface area contributed by atoms with E-state index in [1.807, 2.05) is 37.3 Å². The van der Waals surface area contributed by atoms with E-state index in [1.165, 1.54) is 0 Å². The van der Waals surface area contributed by atoms with Gasteiger partial charge in [-0.25, -0.2) is 0 Å². The number of aryl methyl sites for hydroxylation is 1. The average Bonchev–Trinajstić information content (AvgIpc) is 2.67. The number of anilines is 1. The predicted octanol–water partition coefficient (Wildman–Crippen LogP) is 2.52. The van der Waals surface area contributed by atoms with Gasteiger partial charge in [0.05, 0.1) is 17.9 Å². The van der Waals surface area contributed by atoms with Gasteiger partial charge in [-0.3, -0.25) is 9.59 Å². The highest BCUT2D eigenvalue weighted by Gasteiger charge is 2.23. The quantitative estimate of drug-likeness (QED) is 0.623. The summed E-state index contributed by atoms with van der Waals surface area (Å²) in [5.74, 6) is -1.11. The van der Waals surface area contributed by atoms with Crippen LogP contribution in [0.25, 0.3) is 0 Å². The highest BCUT2D eigenvalue weighted by molar-refractivity contribution is 6.39. The highest BCUT2D eigenvalue weighted by Crippen LogP contribution is 2.23. The largest absolute Gasteiger partial charge is 0.492 e. The molecule has 2 amide bonds. The van der Waals surface area contributed by atoms with E-state index in [9.17, 15) is 14.7 Å². The number of para-hydroxylation sites is 2. The van der Waals surface area contributed by atoms with Crippen molar-refractivity contribution in [2.75, 3.05) is 18.5 Å². The zero-order chi connectivity index (χ0) is 19.7. The van der Waals surface area contributed by atoms with E-state index < -0.39 is 17.4 Å². The Morgan fingerprint density at radius 2 is 1.70 bits per heavy atom. The number of ether oxygens (including phenoxy) is 1. The number of carbonyl (C=O) groups excluding carboxylic acids is 2. The number of hydrogen-bond donors (Lipinski definition) is 3. The first kappa shape index (κ1) is 20.5. The van der Waals surface area contributed by atoms with Crippen molar-refractivity contribution >= 4 is 17.5 Å². The van der Waals surface area contributed by atoms with Crippen molar-refractivity contribution in [3.8, 4) is 5.75 Å². The van der Waals surface area contributed by atoms with Gasteiger partial charge >= 0.3 is 11.8 Å². The first-order chi connectivity index (χ1) is 12.9. The van der Waals surface area contributed by atoms with Gasteiger partial charge in [0.25, 0.3) is 0 Å². The van der Waals surface area contributed by atoms with Crippen LogP contribution in [0, 0.1) is 0 Å². The predicted molar refractivity (Wildman–Crippen MR) is 105 cm³/mol. The summed E-state index contributed by atoms with van der Waals surface area (Å²) in [7, 11) is 0. The molecule has 0 aromatic heterocycles. The summed E-state index contributed by atoms with van der Waals surface area (Å²) in [5, 5.41) is 15.5. The van der Waals surface area contributed by atoms with Crippen LogP contribution in [0.15, 0.2) is 54.6 Å². The number of carbonyl (C=O) groups is 2. The van der Waals surface area contributed by atoms with Crippen LogP contribution in [0.1, 0.15) is 25.8 Å². The Labute approximate surface area is 159 Å². The van der Waals surface area contributed by atoms with Crippen LogP contribution < -0.4 is 15.4 Å². The van der Waals surface area contributed by atoms with Gasteiger partial charge in [0.15, 0.2) is 0 Å². The summed E-state index contributed by atoms with van der Waals surface area (Å²) in [6.07, 6.45) is 1.14. The van der Waals surface area contributed by atoms with Gasteiger partial charge in [0.1, 0.15) is 5.75 Å². The lowest BCUT2D eigenvalue weighted by Crippen LogP contribution is -2.44. The summed E-state index contributed by atoms with van der Waals surface area (Å²) in [4.78, 5) is 24.2. The summed E-state index contributed by atoms with van der Waals surface area (Å²) < 4.78 is 5.42. The van der Waals surface area contributed by atoms with Gasteiger partial charge in [0.2, 0.25) is 0 Å². The van der Waals surface area contributed by atoms with Gasteiger partial charge in [-0.15, -0.1) is 0 Å². The molecular formula is C21H26N2O4. The summed E-state index contributed by atoms with van der Waals surface area (Å²) >= 11 is 0. The second-order valence-corrected chi connectivity index (χ2v) is 6.55. The molecule has 1 atom stereocenters. The monoisotopic (exact) mass is 370 g/mol. The maximum absolute atomic E-state index is 12.1. The molecule has 0 bridgehead atoms. The van der Waals surface area contributed by atoms with E-state index in [1.54, 1.807) is 31.2 Å². The Kier molecular flexibility index (Phi) is 7.37. The Hall–Kier alpha value is -2.86. The molecule has 6 heteroatoms. The Morgan fingerprint density at radius 1 is 1.04 bits per heavy atom. The Bertz CT molecular complexity index is 760. The van der Waals surface area contributed by atoms with E-state index in [0.717, 1.165) is 5.56 Å². The first-order valence-corrected chi connectivity index (χ1v) is 8.98. The molecule has 0 saturated heterocycles. The third-order valence-corrected chi connectivity index (χ3v) is 4.07. The molecule has 144 valence electrons. The maximum Gasteiger partial charge on any atom is 0.313 e. The third-order valence-electron chi connectivity index (χ3n) is 4.07. The summed E-state index contributed by atoms with van der Waals surface area (Å²) in [6, 6.07) is 16.7. The topological polar surface area (TPSA) is 87.7 Å². The van der Waals surface area contributed by atoms with Crippen LogP contribution in [0.5, 0.6) is 5.75 Å². The molecule has 1 unspecified atom stereocenters. The van der Waals surface area contributed by atoms with E-state index in [4.69, 9.17) is 4.74 Å². The van der Waals surface area contributed by atoms with Crippen molar-refractivity contribution in [1.82, 2.24) is 5.32 Å². The van der Waals surface area contributed by atoms with E-state index in [-0.39, 0.29) is 6.54 Å². The fourth-order valence-electron chi connectivity index (χ4n) is 2.53. The van der Waals surface area contributed by atoms with Gasteiger partial charge in [-0.2, -0.15) is 0 Å². The van der Waals surface area contributed by atoms with Crippen molar-refractivity contribution in [2.45, 2.75) is 32.3 Å². The maximum atomic E-state index is 12.1. The summed E-state index contributed by atoms with van der Waals surface area (Å²) in [6.45, 7) is 3.91. The van der Waals surface area contributed by atoms with Crippen LogP contribution in [-0.4, -0.2) is 35.7 Å². The molecule has 0 radical (unpaired) electrons. The lowest BCUT2D eigenvalue weighted by Gasteiger charge is -2.23. The molecule has 0 spiro atoms. The SMILES string of the molecule is CCOc1ccccc1NC(=O)C(=O)NCC(C)(O)CCc1ccccc1. The minimum Gasteiger partial charge on any atom is -0.492 e. The standard InChI is InChI=1S/C21H26N2O4/c1-3-27-18-12-8-7-11-17(18)23-20(25)19(24)22-15-21(2,26)14-13-16-9-5-4-6-10-16/h4-12,26H,3,13-15H2,1-2H3,(H,22,24)(H,23,25). The Morgan fingerprint density at radius 3 is 2.41 bits per heavy atom. The Balaban J connectivity index is 1.84. The van der Waals surface area contributed by atoms with Gasteiger partial charge < -0.3 is 20.5 Å². The molecule has 0 aliphatic heterocycles. The molecule has 2 aromatic rings. The number of nitrogens with one attached hydrogen (secondary N) is 2. The normalized spacial score (nSPS) is 12.7. The van der Waals surface area contributed by atoms with Crippen molar-refractivity contribution in [2.24, 2.45) is 0 Å². The smallest absolute Gasteiger partial charge is 0.313 e. The van der Waals surface area contributed by atoms with E-state index >= 15 is 0 Å². The number of rotatable bonds is 8. The van der Waals surface area contributed by atoms with Crippen molar-refractivity contribution in [3.05, 3.63) is 60.2 Å². The van der Waals surface area contributed by atoms with Crippen LogP contribution in [0.4, 0.5) is 5.69 Å². The number of benzene rings is 2. The van der Waals surface area contributed by atoms with Gasteiger partial charge in [0, 0.05) is 6.54 Å². The molecule has 27 heavy (non-hydrogen) atoms. The second-order valence-electron chi connectivity index (χ2n) is 6.55. The average molecular weight is 370 g/mol. The van der Waals surface area contributed by atoms with Crippen LogP contribution in [0.2, 0.25) is 0 Å². The number of hydrogen-bond acceptors (Lipinski definition) is 4. The zero-order valence-corrected chi connectivity index (χ0v) is 15.7. The van der Waals surface area contributed by atoms with E-state index in [0.29, 0.717) is 30.9 Å². The van der Waals surface area contributed by atoms with Crippen molar-refractivity contribution in [1.29, 1.82) is 0 Å². The molecule has 0 saturated carbocycles. The van der Waals surface area contributed by atoms with Crippen LogP contribution >= 0.6 is 0 Å². The lowest BCUT2D eigenvalue weighted by molar-refractivity contribution is -0.136. The molecule has 0 aliphatic rings. The number of amides is 2. The number of aliphatic hydroxyl groups is 1. The lowest BCUT2D eigenvalue weighted by atomic mass is 9.97. The minimum atomic E-state index is -1.12. The second kappa shape index (κ2) is 9.73. The van der Waals surface area contributed by atoms with Gasteiger partial charge in [-0.1, -0.05) is 42.5 Å². The minimum absolute atomic E-state index is 0.0147. The molecule has 0 aliphatic carbocycles. The van der Waals surface area contributed by atoms with E-state index in [2.05, 4.69) is 10.6 Å². The molecule has 0 heterocycles. The van der Waals surface area contributed by atoms with Crippen LogP contribution in [0.3, 0.4) is 0 Å². The molecular weight excluding hydrogens is 344 g/mol. The molecule has 3 N–H and O–H groups in total.